The average molecular weight is 265 g/mol. The topological polar surface area (TPSA) is 84.9 Å². The van der Waals surface area contributed by atoms with Crippen molar-refractivity contribution in [2.45, 2.75) is 25.2 Å². The third kappa shape index (κ3) is 2.85. The molecule has 1 aliphatic rings. The number of benzene rings is 1. The van der Waals surface area contributed by atoms with Crippen LogP contribution in [0.3, 0.4) is 0 Å². The molecule has 2 atom stereocenters. The summed E-state index contributed by atoms with van der Waals surface area (Å²) in [7, 11) is 0. The van der Waals surface area contributed by atoms with Crippen LogP contribution in [0.4, 0.5) is 4.79 Å². The SMILES string of the molecule is C[C@@]1(NC(=O)OCc2ccccc2)C(=O)OC[C@@H]1O. The van der Waals surface area contributed by atoms with Gasteiger partial charge in [-0.3, -0.25) is 0 Å². The lowest BCUT2D eigenvalue weighted by Gasteiger charge is -2.23. The molecule has 2 N–H and O–H groups in total. The van der Waals surface area contributed by atoms with Crippen molar-refractivity contribution in [2.24, 2.45) is 0 Å². The number of aliphatic hydroxyl groups excluding tert-OH is 1. The number of cyclic esters (lactones) is 1. The highest BCUT2D eigenvalue weighted by atomic mass is 16.6. The maximum Gasteiger partial charge on any atom is 0.408 e. The summed E-state index contributed by atoms with van der Waals surface area (Å²) in [5.74, 6) is -0.670. The number of nitrogens with one attached hydrogen (secondary N) is 1. The van der Waals surface area contributed by atoms with Crippen LogP contribution in [0.5, 0.6) is 0 Å². The number of carbonyl (C=O) groups excluding carboxylic acids is 2. The number of amides is 1. The molecule has 6 nitrogen and oxygen atoms in total. The van der Waals surface area contributed by atoms with Crippen molar-refractivity contribution in [1.82, 2.24) is 5.32 Å². The van der Waals surface area contributed by atoms with Crippen LogP contribution in [-0.2, 0) is 20.9 Å². The van der Waals surface area contributed by atoms with Crippen LogP contribution >= 0.6 is 0 Å². The Kier molecular flexibility index (Phi) is 3.71. The third-order valence-corrected chi connectivity index (χ3v) is 3.04. The summed E-state index contributed by atoms with van der Waals surface area (Å²) in [4.78, 5) is 23.1. The Balaban J connectivity index is 1.89. The summed E-state index contributed by atoms with van der Waals surface area (Å²) in [6, 6.07) is 9.14. The van der Waals surface area contributed by atoms with E-state index in [1.54, 1.807) is 0 Å². The summed E-state index contributed by atoms with van der Waals surface area (Å²) in [6.45, 7) is 1.36. The highest BCUT2D eigenvalue weighted by Gasteiger charge is 2.49. The summed E-state index contributed by atoms with van der Waals surface area (Å²) in [5, 5.41) is 12.0. The molecule has 1 saturated heterocycles. The first-order valence-electron chi connectivity index (χ1n) is 5.86. The molecule has 0 radical (unpaired) electrons. The van der Waals surface area contributed by atoms with Crippen LogP contribution in [0.25, 0.3) is 0 Å². The van der Waals surface area contributed by atoms with Crippen molar-refractivity contribution in [1.29, 1.82) is 0 Å². The molecule has 1 heterocycles. The minimum atomic E-state index is -1.45. The van der Waals surface area contributed by atoms with E-state index in [1.165, 1.54) is 6.92 Å². The van der Waals surface area contributed by atoms with Gasteiger partial charge in [-0.2, -0.15) is 0 Å². The zero-order chi connectivity index (χ0) is 13.9. The van der Waals surface area contributed by atoms with Gasteiger partial charge in [0.25, 0.3) is 0 Å². The van der Waals surface area contributed by atoms with Gasteiger partial charge in [-0.05, 0) is 12.5 Å². The van der Waals surface area contributed by atoms with E-state index in [-0.39, 0.29) is 13.2 Å². The molecule has 0 saturated carbocycles. The molecular weight excluding hydrogens is 250 g/mol. The van der Waals surface area contributed by atoms with Crippen LogP contribution in [0.2, 0.25) is 0 Å². The van der Waals surface area contributed by atoms with Crippen LogP contribution < -0.4 is 5.32 Å². The molecule has 0 unspecified atom stereocenters. The number of rotatable bonds is 3. The van der Waals surface area contributed by atoms with Gasteiger partial charge in [-0.25, -0.2) is 9.59 Å². The molecule has 0 spiro atoms. The predicted octanol–water partition coefficient (Wildman–Crippen LogP) is 0.589. The molecule has 1 aliphatic heterocycles. The van der Waals surface area contributed by atoms with E-state index in [9.17, 15) is 14.7 Å². The highest BCUT2D eigenvalue weighted by Crippen LogP contribution is 2.20. The zero-order valence-electron chi connectivity index (χ0n) is 10.5. The van der Waals surface area contributed by atoms with E-state index in [0.29, 0.717) is 0 Å². The molecule has 19 heavy (non-hydrogen) atoms. The fourth-order valence-corrected chi connectivity index (χ4v) is 1.71. The molecular formula is C13H15NO5. The normalized spacial score (nSPS) is 25.8. The second kappa shape index (κ2) is 5.27. The molecule has 1 aromatic carbocycles. The Morgan fingerprint density at radius 1 is 1.53 bits per heavy atom. The number of ether oxygens (including phenoxy) is 2. The Hall–Kier alpha value is -2.08. The number of hydrogen-bond acceptors (Lipinski definition) is 5. The number of hydrogen-bond donors (Lipinski definition) is 2. The number of esters is 1. The van der Waals surface area contributed by atoms with Crippen molar-refractivity contribution in [2.75, 3.05) is 6.61 Å². The number of aliphatic hydroxyl groups is 1. The Labute approximate surface area is 110 Å². The van der Waals surface area contributed by atoms with Gasteiger partial charge in [0.15, 0.2) is 5.54 Å². The standard InChI is InChI=1S/C13H15NO5/c1-13(10(15)8-18-11(13)16)14-12(17)19-7-9-5-3-2-4-6-9/h2-6,10,15H,7-8H2,1H3,(H,14,17)/t10-,13-/m0/s1. The fourth-order valence-electron chi connectivity index (χ4n) is 1.71. The first-order chi connectivity index (χ1) is 9.02. The van der Waals surface area contributed by atoms with Gasteiger partial charge < -0.3 is 19.9 Å². The van der Waals surface area contributed by atoms with Gasteiger partial charge >= 0.3 is 12.1 Å². The summed E-state index contributed by atoms with van der Waals surface area (Å²) in [5.41, 5.74) is -0.620. The minimum Gasteiger partial charge on any atom is -0.461 e. The van der Waals surface area contributed by atoms with E-state index >= 15 is 0 Å². The summed E-state index contributed by atoms with van der Waals surface area (Å²) in [6.07, 6.45) is -1.85. The molecule has 1 fully saturated rings. The van der Waals surface area contributed by atoms with E-state index in [1.807, 2.05) is 30.3 Å². The third-order valence-electron chi connectivity index (χ3n) is 3.04. The van der Waals surface area contributed by atoms with E-state index in [2.05, 4.69) is 10.1 Å². The molecule has 6 heteroatoms. The quantitative estimate of drug-likeness (QED) is 0.781. The van der Waals surface area contributed by atoms with Gasteiger partial charge in [0.1, 0.15) is 19.3 Å². The Morgan fingerprint density at radius 3 is 2.79 bits per heavy atom. The van der Waals surface area contributed by atoms with Crippen LogP contribution in [0.1, 0.15) is 12.5 Å². The Morgan fingerprint density at radius 2 is 2.21 bits per heavy atom. The van der Waals surface area contributed by atoms with Crippen LogP contribution in [-0.4, -0.2) is 35.4 Å². The van der Waals surface area contributed by atoms with Crippen LogP contribution in [0, 0.1) is 0 Å². The van der Waals surface area contributed by atoms with Crippen molar-refractivity contribution in [3.63, 3.8) is 0 Å². The lowest BCUT2D eigenvalue weighted by atomic mass is 9.98. The molecule has 0 aliphatic carbocycles. The van der Waals surface area contributed by atoms with E-state index in [0.717, 1.165) is 5.56 Å². The number of alkyl carbamates (subject to hydrolysis) is 1. The van der Waals surface area contributed by atoms with Crippen molar-refractivity contribution in [3.8, 4) is 0 Å². The zero-order valence-corrected chi connectivity index (χ0v) is 10.5. The predicted molar refractivity (Wildman–Crippen MR) is 65.1 cm³/mol. The largest absolute Gasteiger partial charge is 0.461 e. The lowest BCUT2D eigenvalue weighted by molar-refractivity contribution is -0.143. The van der Waals surface area contributed by atoms with E-state index in [4.69, 9.17) is 4.74 Å². The molecule has 0 bridgehead atoms. The first kappa shape index (κ1) is 13.4. The lowest BCUT2D eigenvalue weighted by Crippen LogP contribution is -2.56. The summed E-state index contributed by atoms with van der Waals surface area (Å²) >= 11 is 0. The molecule has 2 rings (SSSR count). The monoisotopic (exact) mass is 265 g/mol. The molecule has 102 valence electrons. The van der Waals surface area contributed by atoms with Gasteiger partial charge in [0.05, 0.1) is 0 Å². The van der Waals surface area contributed by atoms with Gasteiger partial charge in [0.2, 0.25) is 0 Å². The fraction of sp³-hybridized carbons (Fsp3) is 0.385. The van der Waals surface area contributed by atoms with Gasteiger partial charge in [-0.1, -0.05) is 30.3 Å². The smallest absolute Gasteiger partial charge is 0.408 e. The maximum atomic E-state index is 11.6. The molecule has 1 amide bonds. The van der Waals surface area contributed by atoms with E-state index < -0.39 is 23.7 Å². The maximum absolute atomic E-state index is 11.6. The minimum absolute atomic E-state index is 0.0912. The second-order valence-electron chi connectivity index (χ2n) is 4.50. The van der Waals surface area contributed by atoms with Gasteiger partial charge in [-0.15, -0.1) is 0 Å². The van der Waals surface area contributed by atoms with Crippen molar-refractivity contribution in [3.05, 3.63) is 35.9 Å². The molecule has 1 aromatic rings. The van der Waals surface area contributed by atoms with Crippen molar-refractivity contribution < 1.29 is 24.2 Å². The van der Waals surface area contributed by atoms with Gasteiger partial charge in [0, 0.05) is 0 Å². The first-order valence-corrected chi connectivity index (χ1v) is 5.86. The Bertz CT molecular complexity index is 475. The highest BCUT2D eigenvalue weighted by molar-refractivity contribution is 5.87. The number of carbonyl (C=O) groups is 2. The average Bonchev–Trinajstić information content (AvgIpc) is 2.65. The van der Waals surface area contributed by atoms with Crippen LogP contribution in [0.15, 0.2) is 30.3 Å². The summed E-state index contributed by atoms with van der Waals surface area (Å²) < 4.78 is 9.67. The molecule has 0 aromatic heterocycles. The second-order valence-corrected chi connectivity index (χ2v) is 4.50. The van der Waals surface area contributed by atoms with Crippen molar-refractivity contribution >= 4 is 12.1 Å².